The molecule has 1 aliphatic rings. The maximum Gasteiger partial charge on any atom is 0.150 e. The molecule has 0 saturated heterocycles. The molecule has 0 aromatic carbocycles. The van der Waals surface area contributed by atoms with Gasteiger partial charge in [0.25, 0.3) is 0 Å². The molecule has 0 amide bonds. The van der Waals surface area contributed by atoms with Crippen LogP contribution >= 0.6 is 0 Å². The lowest BCUT2D eigenvalue weighted by molar-refractivity contribution is 0.160. The van der Waals surface area contributed by atoms with Crippen LogP contribution in [-0.2, 0) is 9.84 Å². The third kappa shape index (κ3) is 5.82. The first kappa shape index (κ1) is 17.0. The van der Waals surface area contributed by atoms with E-state index in [0.717, 1.165) is 18.8 Å². The molecule has 19 heavy (non-hydrogen) atoms. The van der Waals surface area contributed by atoms with Crippen LogP contribution in [0.4, 0.5) is 0 Å². The zero-order chi connectivity index (χ0) is 14.5. The summed E-state index contributed by atoms with van der Waals surface area (Å²) in [4.78, 5) is 0. The van der Waals surface area contributed by atoms with Crippen LogP contribution in [-0.4, -0.2) is 33.0 Å². The minimum absolute atomic E-state index is 0.273. The summed E-state index contributed by atoms with van der Waals surface area (Å²) in [6.45, 7) is 6.44. The van der Waals surface area contributed by atoms with Gasteiger partial charge in [-0.2, -0.15) is 0 Å². The van der Waals surface area contributed by atoms with E-state index in [2.05, 4.69) is 19.2 Å². The molecule has 3 nitrogen and oxygen atoms in total. The fourth-order valence-corrected chi connectivity index (χ4v) is 4.00. The molecule has 1 N–H and O–H groups in total. The van der Waals surface area contributed by atoms with Crippen LogP contribution in [0.2, 0.25) is 0 Å². The Kier molecular flexibility index (Phi) is 6.31. The van der Waals surface area contributed by atoms with Gasteiger partial charge in [0.2, 0.25) is 0 Å². The zero-order valence-electron chi connectivity index (χ0n) is 13.0. The molecule has 1 unspecified atom stereocenters. The smallest absolute Gasteiger partial charge is 0.150 e. The van der Waals surface area contributed by atoms with Crippen molar-refractivity contribution in [3.63, 3.8) is 0 Å². The van der Waals surface area contributed by atoms with E-state index in [-0.39, 0.29) is 5.75 Å². The topological polar surface area (TPSA) is 46.2 Å². The molecule has 1 rings (SSSR count). The Morgan fingerprint density at radius 2 is 1.84 bits per heavy atom. The molecule has 0 aromatic heterocycles. The van der Waals surface area contributed by atoms with Crippen molar-refractivity contribution in [2.75, 3.05) is 18.6 Å². The molecule has 0 aromatic rings. The van der Waals surface area contributed by atoms with Crippen LogP contribution < -0.4 is 5.32 Å². The van der Waals surface area contributed by atoms with Gasteiger partial charge in [-0.1, -0.05) is 20.8 Å². The van der Waals surface area contributed by atoms with Gasteiger partial charge in [0.05, 0.1) is 5.75 Å². The van der Waals surface area contributed by atoms with Gasteiger partial charge in [-0.3, -0.25) is 0 Å². The lowest BCUT2D eigenvalue weighted by Crippen LogP contribution is -2.37. The summed E-state index contributed by atoms with van der Waals surface area (Å²) >= 11 is 0. The molecule has 1 saturated carbocycles. The van der Waals surface area contributed by atoms with Gasteiger partial charge in [0.15, 0.2) is 0 Å². The predicted octanol–water partition coefficient (Wildman–Crippen LogP) is 3.01. The molecule has 1 aliphatic carbocycles. The van der Waals surface area contributed by atoms with E-state index >= 15 is 0 Å². The summed E-state index contributed by atoms with van der Waals surface area (Å²) in [5.41, 5.74) is 0.500. The highest BCUT2D eigenvalue weighted by Gasteiger charge is 2.30. The van der Waals surface area contributed by atoms with E-state index in [1.807, 2.05) is 7.05 Å². The highest BCUT2D eigenvalue weighted by atomic mass is 32.2. The molecule has 1 fully saturated rings. The maximum absolute atomic E-state index is 11.5. The van der Waals surface area contributed by atoms with Crippen molar-refractivity contribution >= 4 is 9.84 Å². The van der Waals surface area contributed by atoms with Gasteiger partial charge in [-0.15, -0.1) is 0 Å². The number of rotatable bonds is 7. The number of nitrogens with one attached hydrogen (secondary N) is 1. The van der Waals surface area contributed by atoms with E-state index in [4.69, 9.17) is 0 Å². The van der Waals surface area contributed by atoms with Crippen molar-refractivity contribution in [3.8, 4) is 0 Å². The Labute approximate surface area is 119 Å². The average Bonchev–Trinajstić information content (AvgIpc) is 2.35. The largest absolute Gasteiger partial charge is 0.317 e. The maximum atomic E-state index is 11.5. The van der Waals surface area contributed by atoms with E-state index in [9.17, 15) is 8.42 Å². The standard InChI is InChI=1S/C15H31NO2S/c1-5-19(17,18)12-6-7-14(16-4)13-8-10-15(2,3)11-9-13/h13-14,16H,5-12H2,1-4H3. The van der Waals surface area contributed by atoms with Crippen molar-refractivity contribution in [2.24, 2.45) is 11.3 Å². The van der Waals surface area contributed by atoms with Crippen LogP contribution in [0.3, 0.4) is 0 Å². The highest BCUT2D eigenvalue weighted by Crippen LogP contribution is 2.39. The normalized spacial score (nSPS) is 22.3. The molecular weight excluding hydrogens is 258 g/mol. The number of hydrogen-bond donors (Lipinski definition) is 1. The first-order chi connectivity index (χ1) is 8.79. The summed E-state index contributed by atoms with van der Waals surface area (Å²) < 4.78 is 23.0. The molecule has 0 bridgehead atoms. The van der Waals surface area contributed by atoms with Crippen molar-refractivity contribution < 1.29 is 8.42 Å². The Hall–Kier alpha value is -0.0900. The van der Waals surface area contributed by atoms with Gasteiger partial charge in [-0.25, -0.2) is 8.42 Å². The Balaban J connectivity index is 2.38. The number of sulfone groups is 1. The second-order valence-electron chi connectivity index (χ2n) is 6.78. The number of hydrogen-bond acceptors (Lipinski definition) is 3. The molecule has 1 atom stereocenters. The third-order valence-electron chi connectivity index (χ3n) is 4.73. The van der Waals surface area contributed by atoms with Gasteiger partial charge in [0, 0.05) is 11.8 Å². The molecule has 0 radical (unpaired) electrons. The van der Waals surface area contributed by atoms with Crippen LogP contribution in [0.5, 0.6) is 0 Å². The van der Waals surface area contributed by atoms with Crippen molar-refractivity contribution in [1.29, 1.82) is 0 Å². The van der Waals surface area contributed by atoms with E-state index in [1.165, 1.54) is 25.7 Å². The summed E-state index contributed by atoms with van der Waals surface area (Å²) in [7, 11) is -0.788. The van der Waals surface area contributed by atoms with Crippen LogP contribution in [0.25, 0.3) is 0 Å². The SMILES string of the molecule is CCS(=O)(=O)CCCC(NC)C1CCC(C)(C)CC1. The highest BCUT2D eigenvalue weighted by molar-refractivity contribution is 7.91. The Morgan fingerprint density at radius 1 is 1.26 bits per heavy atom. The van der Waals surface area contributed by atoms with Crippen molar-refractivity contribution in [3.05, 3.63) is 0 Å². The van der Waals surface area contributed by atoms with Crippen molar-refractivity contribution in [2.45, 2.75) is 65.3 Å². The van der Waals surface area contributed by atoms with E-state index < -0.39 is 9.84 Å². The first-order valence-electron chi connectivity index (χ1n) is 7.67. The minimum Gasteiger partial charge on any atom is -0.317 e. The van der Waals surface area contributed by atoms with Gasteiger partial charge >= 0.3 is 0 Å². The second kappa shape index (κ2) is 7.07. The van der Waals surface area contributed by atoms with E-state index in [0.29, 0.717) is 17.2 Å². The predicted molar refractivity (Wildman–Crippen MR) is 82.1 cm³/mol. The van der Waals surface area contributed by atoms with E-state index in [1.54, 1.807) is 6.92 Å². The first-order valence-corrected chi connectivity index (χ1v) is 9.49. The van der Waals surface area contributed by atoms with Gasteiger partial charge in [-0.05, 0) is 56.9 Å². The fourth-order valence-electron chi connectivity index (χ4n) is 3.11. The quantitative estimate of drug-likeness (QED) is 0.783. The summed E-state index contributed by atoms with van der Waals surface area (Å²) in [6, 6.07) is 0.489. The molecular formula is C15H31NO2S. The Bertz CT molecular complexity index is 352. The molecule has 0 spiro atoms. The Morgan fingerprint density at radius 3 is 2.32 bits per heavy atom. The summed E-state index contributed by atoms with van der Waals surface area (Å²) in [5, 5.41) is 3.41. The fraction of sp³-hybridized carbons (Fsp3) is 1.00. The van der Waals surface area contributed by atoms with Crippen LogP contribution in [0.15, 0.2) is 0 Å². The molecule has 114 valence electrons. The third-order valence-corrected chi connectivity index (χ3v) is 6.52. The molecule has 0 heterocycles. The monoisotopic (exact) mass is 289 g/mol. The zero-order valence-corrected chi connectivity index (χ0v) is 13.9. The van der Waals surface area contributed by atoms with Gasteiger partial charge < -0.3 is 5.32 Å². The summed E-state index contributed by atoms with van der Waals surface area (Å²) in [6.07, 6.45) is 6.92. The molecule has 0 aliphatic heterocycles. The average molecular weight is 289 g/mol. The van der Waals surface area contributed by atoms with Crippen LogP contribution in [0, 0.1) is 11.3 Å². The summed E-state index contributed by atoms with van der Waals surface area (Å²) in [5.74, 6) is 1.34. The lowest BCUT2D eigenvalue weighted by atomic mass is 9.70. The molecule has 4 heteroatoms. The van der Waals surface area contributed by atoms with Gasteiger partial charge in [0.1, 0.15) is 9.84 Å². The van der Waals surface area contributed by atoms with Crippen LogP contribution in [0.1, 0.15) is 59.3 Å². The van der Waals surface area contributed by atoms with Crippen molar-refractivity contribution in [1.82, 2.24) is 5.32 Å². The lowest BCUT2D eigenvalue weighted by Gasteiger charge is -2.38. The minimum atomic E-state index is -2.80. The second-order valence-corrected chi connectivity index (χ2v) is 9.25.